The molecule has 0 aromatic heterocycles. The maximum absolute atomic E-state index is 11.7. The molecule has 1 aliphatic heterocycles. The average molecular weight is 203 g/mol. The molecule has 1 aliphatic rings. The van der Waals surface area contributed by atoms with Crippen molar-refractivity contribution in [3.05, 3.63) is 0 Å². The van der Waals surface area contributed by atoms with E-state index in [1.165, 1.54) is 0 Å². The third-order valence-electron chi connectivity index (χ3n) is 2.70. The van der Waals surface area contributed by atoms with E-state index < -0.39 is 10.8 Å². The van der Waals surface area contributed by atoms with Crippen LogP contribution in [-0.4, -0.2) is 38.2 Å². The summed E-state index contributed by atoms with van der Waals surface area (Å²) >= 11 is 0. The average Bonchev–Trinajstić information content (AvgIpc) is 1.97. The Morgan fingerprint density at radius 3 is 1.85 bits per heavy atom. The van der Waals surface area contributed by atoms with Gasteiger partial charge in [0.2, 0.25) is 0 Å². The molecule has 1 rings (SSSR count). The van der Waals surface area contributed by atoms with Crippen LogP contribution in [0.1, 0.15) is 34.6 Å². The molecule has 78 valence electrons. The van der Waals surface area contributed by atoms with Gasteiger partial charge in [-0.1, -0.05) is 0 Å². The van der Waals surface area contributed by atoms with E-state index in [9.17, 15) is 4.21 Å². The highest BCUT2D eigenvalue weighted by molar-refractivity contribution is 7.86. The van der Waals surface area contributed by atoms with Crippen molar-refractivity contribution >= 4 is 10.8 Å². The van der Waals surface area contributed by atoms with Gasteiger partial charge < -0.3 is 0 Å². The summed E-state index contributed by atoms with van der Waals surface area (Å²) in [6.07, 6.45) is 0. The van der Waals surface area contributed by atoms with Gasteiger partial charge in [0, 0.05) is 39.9 Å². The summed E-state index contributed by atoms with van der Waals surface area (Å²) in [5.74, 6) is 0. The van der Waals surface area contributed by atoms with Crippen LogP contribution in [0.15, 0.2) is 0 Å². The lowest BCUT2D eigenvalue weighted by Gasteiger charge is -2.42. The zero-order chi connectivity index (χ0) is 10.2. The van der Waals surface area contributed by atoms with Crippen molar-refractivity contribution in [1.82, 2.24) is 4.90 Å². The van der Waals surface area contributed by atoms with Gasteiger partial charge in [0.05, 0.1) is 0 Å². The lowest BCUT2D eigenvalue weighted by Crippen LogP contribution is -2.54. The minimum absolute atomic E-state index is 0.215. The third-order valence-corrected chi connectivity index (χ3v) is 4.58. The van der Waals surface area contributed by atoms with Gasteiger partial charge in [0.1, 0.15) is 0 Å². The van der Waals surface area contributed by atoms with Crippen molar-refractivity contribution in [3.63, 3.8) is 0 Å². The Hall–Kier alpha value is 0.110. The van der Waals surface area contributed by atoms with Gasteiger partial charge in [0.25, 0.3) is 0 Å². The Kier molecular flexibility index (Phi) is 3.18. The number of hydrogen-bond acceptors (Lipinski definition) is 2. The highest BCUT2D eigenvalue weighted by Crippen LogP contribution is 2.22. The molecule has 3 heteroatoms. The van der Waals surface area contributed by atoms with Crippen molar-refractivity contribution in [1.29, 1.82) is 0 Å². The van der Waals surface area contributed by atoms with E-state index in [1.54, 1.807) is 0 Å². The second-order valence-electron chi connectivity index (χ2n) is 5.03. The molecule has 2 unspecified atom stereocenters. The summed E-state index contributed by atoms with van der Waals surface area (Å²) in [5, 5.41) is 0.644. The fraction of sp³-hybridized carbons (Fsp3) is 1.00. The first kappa shape index (κ1) is 11.2. The lowest BCUT2D eigenvalue weighted by atomic mass is 10.1. The van der Waals surface area contributed by atoms with E-state index in [0.717, 1.165) is 13.1 Å². The van der Waals surface area contributed by atoms with E-state index in [4.69, 9.17) is 0 Å². The molecule has 2 atom stereocenters. The minimum Gasteiger partial charge on any atom is -0.296 e. The first-order valence-electron chi connectivity index (χ1n) is 4.97. The Balaban J connectivity index is 2.69. The van der Waals surface area contributed by atoms with E-state index in [-0.39, 0.29) is 5.54 Å². The van der Waals surface area contributed by atoms with Crippen LogP contribution in [0.5, 0.6) is 0 Å². The summed E-state index contributed by atoms with van der Waals surface area (Å²) in [4.78, 5) is 2.43. The molecule has 0 aromatic rings. The van der Waals surface area contributed by atoms with Crippen LogP contribution in [0.2, 0.25) is 0 Å². The van der Waals surface area contributed by atoms with Crippen molar-refractivity contribution in [3.8, 4) is 0 Å². The summed E-state index contributed by atoms with van der Waals surface area (Å²) in [5.41, 5.74) is 0.215. The monoisotopic (exact) mass is 203 g/mol. The van der Waals surface area contributed by atoms with Crippen molar-refractivity contribution in [2.75, 3.05) is 13.1 Å². The standard InChI is InChI=1S/C10H21NOS/c1-8-6-11(10(3,4)5)7-9(2)13(8)12/h8-9H,6-7H2,1-5H3. The van der Waals surface area contributed by atoms with Gasteiger partial charge in [-0.3, -0.25) is 9.11 Å². The molecule has 0 bridgehead atoms. The van der Waals surface area contributed by atoms with Gasteiger partial charge in [-0.05, 0) is 34.6 Å². The van der Waals surface area contributed by atoms with E-state index >= 15 is 0 Å². The summed E-state index contributed by atoms with van der Waals surface area (Å²) in [7, 11) is -0.627. The number of hydrogen-bond donors (Lipinski definition) is 0. The van der Waals surface area contributed by atoms with Crippen LogP contribution in [-0.2, 0) is 10.8 Å². The lowest BCUT2D eigenvalue weighted by molar-refractivity contribution is 0.133. The van der Waals surface area contributed by atoms with Crippen molar-refractivity contribution < 1.29 is 4.21 Å². The molecule has 2 nitrogen and oxygen atoms in total. The fourth-order valence-corrected chi connectivity index (χ4v) is 3.23. The first-order valence-corrected chi connectivity index (χ1v) is 6.24. The predicted octanol–water partition coefficient (Wildman–Crippen LogP) is 1.63. The van der Waals surface area contributed by atoms with Crippen LogP contribution in [0.25, 0.3) is 0 Å². The van der Waals surface area contributed by atoms with Gasteiger partial charge in [0.15, 0.2) is 0 Å². The smallest absolute Gasteiger partial charge is 0.0450 e. The van der Waals surface area contributed by atoms with Crippen LogP contribution < -0.4 is 0 Å². The topological polar surface area (TPSA) is 20.3 Å². The Morgan fingerprint density at radius 2 is 1.54 bits per heavy atom. The molecule has 0 aliphatic carbocycles. The molecule has 0 spiro atoms. The molecule has 0 amide bonds. The molecule has 13 heavy (non-hydrogen) atoms. The minimum atomic E-state index is -0.627. The predicted molar refractivity (Wildman–Crippen MR) is 58.4 cm³/mol. The molecule has 0 saturated carbocycles. The third kappa shape index (κ3) is 2.53. The Morgan fingerprint density at radius 1 is 1.15 bits per heavy atom. The quantitative estimate of drug-likeness (QED) is 0.596. The SMILES string of the molecule is CC1CN(C(C)(C)C)CC(C)S1=O. The van der Waals surface area contributed by atoms with Crippen LogP contribution >= 0.6 is 0 Å². The van der Waals surface area contributed by atoms with E-state index in [1.807, 2.05) is 0 Å². The number of rotatable bonds is 0. The molecule has 0 radical (unpaired) electrons. The van der Waals surface area contributed by atoms with Crippen molar-refractivity contribution in [2.45, 2.75) is 50.7 Å². The second-order valence-corrected chi connectivity index (χ2v) is 7.29. The summed E-state index contributed by atoms with van der Waals surface area (Å²) in [6, 6.07) is 0. The van der Waals surface area contributed by atoms with Gasteiger partial charge in [-0.25, -0.2) is 0 Å². The van der Waals surface area contributed by atoms with E-state index in [0.29, 0.717) is 10.5 Å². The van der Waals surface area contributed by atoms with Crippen LogP contribution in [0, 0.1) is 0 Å². The summed E-state index contributed by atoms with van der Waals surface area (Å²) < 4.78 is 11.7. The zero-order valence-electron chi connectivity index (χ0n) is 9.33. The van der Waals surface area contributed by atoms with Crippen LogP contribution in [0.3, 0.4) is 0 Å². The second kappa shape index (κ2) is 3.70. The summed E-state index contributed by atoms with van der Waals surface area (Å²) in [6.45, 7) is 12.8. The molecular formula is C10H21NOS. The molecular weight excluding hydrogens is 182 g/mol. The molecule has 1 saturated heterocycles. The molecule has 0 N–H and O–H groups in total. The maximum atomic E-state index is 11.7. The van der Waals surface area contributed by atoms with Crippen molar-refractivity contribution in [2.24, 2.45) is 0 Å². The maximum Gasteiger partial charge on any atom is 0.0450 e. The Bertz CT molecular complexity index is 195. The van der Waals surface area contributed by atoms with E-state index in [2.05, 4.69) is 39.5 Å². The molecule has 0 aromatic carbocycles. The first-order chi connectivity index (χ1) is 5.82. The van der Waals surface area contributed by atoms with Gasteiger partial charge >= 0.3 is 0 Å². The Labute approximate surface area is 84.2 Å². The molecule has 1 heterocycles. The zero-order valence-corrected chi connectivity index (χ0v) is 10.1. The normalized spacial score (nSPS) is 37.8. The van der Waals surface area contributed by atoms with Gasteiger partial charge in [-0.2, -0.15) is 0 Å². The molecule has 1 fully saturated rings. The number of nitrogens with zero attached hydrogens (tertiary/aromatic N) is 1. The highest BCUT2D eigenvalue weighted by Gasteiger charge is 2.33. The van der Waals surface area contributed by atoms with Crippen LogP contribution in [0.4, 0.5) is 0 Å². The fourth-order valence-electron chi connectivity index (χ4n) is 1.79. The largest absolute Gasteiger partial charge is 0.296 e. The van der Waals surface area contributed by atoms with Gasteiger partial charge in [-0.15, -0.1) is 0 Å². The highest BCUT2D eigenvalue weighted by atomic mass is 32.2.